The third-order valence-corrected chi connectivity index (χ3v) is 8.07. The first kappa shape index (κ1) is 12.4. The maximum absolute atomic E-state index is 10.7. The van der Waals surface area contributed by atoms with Crippen molar-refractivity contribution >= 4 is 29.1 Å². The Morgan fingerprint density at radius 1 is 1.27 bits per heavy atom. The van der Waals surface area contributed by atoms with Gasteiger partial charge in [0.25, 0.3) is 0 Å². The summed E-state index contributed by atoms with van der Waals surface area (Å²) in [6, 6.07) is 5.59. The highest BCUT2D eigenvalue weighted by Gasteiger charge is 2.15. The fourth-order valence-electron chi connectivity index (χ4n) is 1.46. The van der Waals surface area contributed by atoms with Crippen molar-refractivity contribution in [1.29, 1.82) is 0 Å². The Hall–Kier alpha value is -0.660. The van der Waals surface area contributed by atoms with Crippen LogP contribution in [-0.2, 0) is 11.8 Å². The lowest BCUT2D eigenvalue weighted by molar-refractivity contribution is 0.0697. The molecule has 1 N–H and O–H groups in total. The molecule has 0 heterocycles. The molecular weight excluding hydrogens is 227 g/mol. The van der Waals surface area contributed by atoms with E-state index in [2.05, 4.69) is 13.8 Å². The highest BCUT2D eigenvalue weighted by Crippen LogP contribution is 2.43. The Bertz CT molecular complexity index is 390. The van der Waals surface area contributed by atoms with Crippen LogP contribution in [0, 0.1) is 0 Å². The van der Waals surface area contributed by atoms with E-state index < -0.39 is 12.0 Å². The maximum Gasteiger partial charge on any atom is 0.335 e. The molecule has 1 rings (SSSR count). The van der Waals surface area contributed by atoms with Crippen LogP contribution in [0.3, 0.4) is 0 Å². The summed E-state index contributed by atoms with van der Waals surface area (Å²) in [4.78, 5) is 10.7. The number of rotatable bonds is 4. The summed E-state index contributed by atoms with van der Waals surface area (Å²) < 4.78 is 0. The second-order valence-corrected chi connectivity index (χ2v) is 9.03. The van der Waals surface area contributed by atoms with Gasteiger partial charge in [-0.3, -0.25) is 0 Å². The van der Waals surface area contributed by atoms with Crippen LogP contribution in [0.4, 0.5) is 0 Å². The van der Waals surface area contributed by atoms with E-state index in [1.54, 1.807) is 12.1 Å². The Morgan fingerprint density at radius 2 is 1.73 bits per heavy atom. The molecule has 2 nitrogen and oxygen atoms in total. The average Bonchev–Trinajstić information content (AvgIpc) is 2.28. The summed E-state index contributed by atoms with van der Waals surface area (Å²) in [6.45, 7) is 4.21. The second kappa shape index (κ2) is 4.91. The third kappa shape index (κ3) is 2.67. The van der Waals surface area contributed by atoms with Crippen LogP contribution >= 0.6 is 6.04 Å². The van der Waals surface area contributed by atoms with Crippen LogP contribution in [0.15, 0.2) is 24.3 Å². The van der Waals surface area contributed by atoms with Gasteiger partial charge in [-0.1, -0.05) is 37.8 Å². The molecule has 0 saturated heterocycles. The molecule has 0 saturated carbocycles. The molecule has 0 unspecified atom stereocenters. The van der Waals surface area contributed by atoms with Crippen molar-refractivity contribution in [3.8, 4) is 0 Å². The summed E-state index contributed by atoms with van der Waals surface area (Å²) >= 11 is 5.64. The van der Waals surface area contributed by atoms with Crippen molar-refractivity contribution in [3.63, 3.8) is 0 Å². The number of aromatic carboxylic acids is 1. The van der Waals surface area contributed by atoms with E-state index in [1.807, 2.05) is 12.1 Å². The Balaban J connectivity index is 3.08. The molecule has 0 bridgehead atoms. The third-order valence-electron chi connectivity index (χ3n) is 2.61. The van der Waals surface area contributed by atoms with E-state index in [-0.39, 0.29) is 0 Å². The number of benzene rings is 1. The number of hydrogen-bond acceptors (Lipinski definition) is 2. The van der Waals surface area contributed by atoms with E-state index in [9.17, 15) is 4.79 Å². The zero-order valence-electron chi connectivity index (χ0n) is 8.93. The molecule has 0 fully saturated rings. The molecule has 15 heavy (non-hydrogen) atoms. The topological polar surface area (TPSA) is 37.3 Å². The van der Waals surface area contributed by atoms with Crippen LogP contribution < -0.4 is 5.30 Å². The molecule has 0 aliphatic heterocycles. The van der Waals surface area contributed by atoms with Crippen molar-refractivity contribution in [2.45, 2.75) is 13.8 Å². The van der Waals surface area contributed by atoms with Crippen LogP contribution in [0.25, 0.3) is 0 Å². The number of carboxylic acid groups (broad SMARTS) is 1. The maximum atomic E-state index is 10.7. The fraction of sp³-hybridized carbons (Fsp3) is 0.364. The van der Waals surface area contributed by atoms with Crippen molar-refractivity contribution in [2.24, 2.45) is 0 Å². The highest BCUT2D eigenvalue weighted by atomic mass is 32.4. The molecule has 0 aliphatic rings. The van der Waals surface area contributed by atoms with Crippen molar-refractivity contribution < 1.29 is 9.90 Å². The van der Waals surface area contributed by atoms with E-state index in [4.69, 9.17) is 16.9 Å². The van der Waals surface area contributed by atoms with E-state index in [0.717, 1.165) is 17.6 Å². The van der Waals surface area contributed by atoms with Gasteiger partial charge in [0.15, 0.2) is 0 Å². The van der Waals surface area contributed by atoms with Crippen molar-refractivity contribution in [3.05, 3.63) is 29.8 Å². The molecule has 1 aromatic rings. The standard InChI is InChI=1S/C11H15O2PS/c1-3-14(15,4-2)10-7-5-9(6-8-10)11(12)13/h5-8H,3-4H2,1-2H3,(H,12,13). The molecule has 0 atom stereocenters. The summed E-state index contributed by atoms with van der Waals surface area (Å²) in [6.07, 6.45) is 1.98. The number of carboxylic acids is 1. The van der Waals surface area contributed by atoms with Crippen LogP contribution in [0.1, 0.15) is 24.2 Å². The quantitative estimate of drug-likeness (QED) is 0.824. The van der Waals surface area contributed by atoms with E-state index >= 15 is 0 Å². The monoisotopic (exact) mass is 242 g/mol. The smallest absolute Gasteiger partial charge is 0.335 e. The van der Waals surface area contributed by atoms with Gasteiger partial charge in [0, 0.05) is 0 Å². The Morgan fingerprint density at radius 3 is 2.07 bits per heavy atom. The SMILES string of the molecule is CCP(=S)(CC)c1ccc(C(=O)O)cc1. The number of hydrogen-bond donors (Lipinski definition) is 1. The summed E-state index contributed by atoms with van der Waals surface area (Å²) in [5.41, 5.74) is 0.326. The first-order valence-electron chi connectivity index (χ1n) is 4.95. The van der Waals surface area contributed by atoms with Crippen molar-refractivity contribution in [2.75, 3.05) is 12.3 Å². The molecule has 82 valence electrons. The summed E-state index contributed by atoms with van der Waals surface area (Å²) in [5.74, 6) is -0.886. The lowest BCUT2D eigenvalue weighted by Gasteiger charge is -2.18. The van der Waals surface area contributed by atoms with Gasteiger partial charge in [0.1, 0.15) is 0 Å². The lowest BCUT2D eigenvalue weighted by Crippen LogP contribution is -2.09. The van der Waals surface area contributed by atoms with E-state index in [0.29, 0.717) is 5.56 Å². The van der Waals surface area contributed by atoms with E-state index in [1.165, 1.54) is 0 Å². The predicted octanol–water partition coefficient (Wildman–Crippen LogP) is 2.53. The van der Waals surface area contributed by atoms with Crippen LogP contribution in [0.5, 0.6) is 0 Å². The first-order chi connectivity index (χ1) is 7.03. The van der Waals surface area contributed by atoms with Gasteiger partial charge in [-0.2, -0.15) is 0 Å². The zero-order chi connectivity index (χ0) is 11.5. The largest absolute Gasteiger partial charge is 0.478 e. The van der Waals surface area contributed by atoms with Gasteiger partial charge in [-0.05, 0) is 35.8 Å². The first-order valence-corrected chi connectivity index (χ1v) is 8.12. The Kier molecular flexibility index (Phi) is 4.06. The minimum Gasteiger partial charge on any atom is -0.478 e. The second-order valence-electron chi connectivity index (χ2n) is 3.37. The van der Waals surface area contributed by atoms with Gasteiger partial charge >= 0.3 is 5.97 Å². The zero-order valence-corrected chi connectivity index (χ0v) is 10.6. The molecule has 4 heteroatoms. The normalized spacial score (nSPS) is 11.3. The molecule has 0 radical (unpaired) electrons. The summed E-state index contributed by atoms with van der Waals surface area (Å²) in [5, 5.41) is 9.92. The molecule has 0 aliphatic carbocycles. The Labute approximate surface area is 95.3 Å². The fourth-order valence-corrected chi connectivity index (χ4v) is 3.70. The van der Waals surface area contributed by atoms with Gasteiger partial charge in [0.2, 0.25) is 0 Å². The molecule has 0 aromatic heterocycles. The van der Waals surface area contributed by atoms with Crippen molar-refractivity contribution in [1.82, 2.24) is 0 Å². The van der Waals surface area contributed by atoms with Gasteiger partial charge in [-0.25, -0.2) is 4.79 Å². The lowest BCUT2D eigenvalue weighted by atomic mass is 10.2. The molecule has 0 amide bonds. The van der Waals surface area contributed by atoms with Gasteiger partial charge in [0.05, 0.1) is 5.56 Å². The minimum atomic E-state index is -1.44. The minimum absolute atomic E-state index is 0.326. The number of carbonyl (C=O) groups is 1. The van der Waals surface area contributed by atoms with Gasteiger partial charge < -0.3 is 5.11 Å². The van der Waals surface area contributed by atoms with Gasteiger partial charge in [-0.15, -0.1) is 0 Å². The average molecular weight is 242 g/mol. The predicted molar refractivity (Wildman–Crippen MR) is 68.4 cm³/mol. The molecule has 1 aromatic carbocycles. The van der Waals surface area contributed by atoms with Crippen LogP contribution in [0.2, 0.25) is 0 Å². The highest BCUT2D eigenvalue weighted by molar-refractivity contribution is 8.18. The molecule has 0 spiro atoms. The van der Waals surface area contributed by atoms with Crippen LogP contribution in [-0.4, -0.2) is 23.4 Å². The summed E-state index contributed by atoms with van der Waals surface area (Å²) in [7, 11) is 0. The molecular formula is C11H15O2PS.